The maximum atomic E-state index is 4.42. The summed E-state index contributed by atoms with van der Waals surface area (Å²) < 4.78 is 2.11. The second kappa shape index (κ2) is 4.65. The molecule has 1 atom stereocenters. The van der Waals surface area contributed by atoms with Crippen molar-refractivity contribution in [3.8, 4) is 0 Å². The van der Waals surface area contributed by atoms with Crippen LogP contribution in [-0.4, -0.2) is 21.1 Å². The molecule has 0 aromatic carbocycles. The van der Waals surface area contributed by atoms with Gasteiger partial charge in [-0.1, -0.05) is 0 Å². The van der Waals surface area contributed by atoms with Gasteiger partial charge in [-0.2, -0.15) is 0 Å². The Kier molecular flexibility index (Phi) is 3.24. The van der Waals surface area contributed by atoms with Gasteiger partial charge in [-0.25, -0.2) is 9.97 Å². The van der Waals surface area contributed by atoms with Gasteiger partial charge in [-0.15, -0.1) is 11.3 Å². The van der Waals surface area contributed by atoms with E-state index in [2.05, 4.69) is 40.6 Å². The minimum absolute atomic E-state index is 0.232. The van der Waals surface area contributed by atoms with Crippen LogP contribution in [-0.2, 0) is 0 Å². The molecule has 2 heterocycles. The van der Waals surface area contributed by atoms with E-state index in [1.165, 1.54) is 4.88 Å². The fourth-order valence-corrected chi connectivity index (χ4v) is 2.43. The van der Waals surface area contributed by atoms with Gasteiger partial charge >= 0.3 is 0 Å². The molecule has 0 aliphatic heterocycles. The van der Waals surface area contributed by atoms with Crippen molar-refractivity contribution in [3.05, 3.63) is 28.5 Å². The lowest BCUT2D eigenvalue weighted by atomic mass is 10.3. The topological polar surface area (TPSA) is 42.7 Å². The van der Waals surface area contributed by atoms with Gasteiger partial charge in [0.15, 0.2) is 0 Å². The Hall–Kier alpha value is -1.36. The second-order valence-corrected chi connectivity index (χ2v) is 4.94. The largest absolute Gasteiger partial charge is 0.356 e. The van der Waals surface area contributed by atoms with Crippen molar-refractivity contribution in [1.29, 1.82) is 0 Å². The molecule has 1 unspecified atom stereocenters. The van der Waals surface area contributed by atoms with Gasteiger partial charge in [-0.3, -0.25) is 0 Å². The maximum Gasteiger partial charge on any atom is 0.203 e. The molecule has 0 bridgehead atoms. The molecule has 0 spiro atoms. The van der Waals surface area contributed by atoms with Gasteiger partial charge in [0.25, 0.3) is 0 Å². The summed E-state index contributed by atoms with van der Waals surface area (Å²) in [4.78, 5) is 9.95. The van der Waals surface area contributed by atoms with Gasteiger partial charge in [0.05, 0.1) is 6.04 Å². The highest BCUT2D eigenvalue weighted by atomic mass is 32.1. The summed E-state index contributed by atoms with van der Waals surface area (Å²) in [5.41, 5.74) is 0. The minimum Gasteiger partial charge on any atom is -0.356 e. The van der Waals surface area contributed by atoms with E-state index in [0.29, 0.717) is 0 Å². The molecule has 16 heavy (non-hydrogen) atoms. The van der Waals surface area contributed by atoms with E-state index in [-0.39, 0.29) is 6.04 Å². The molecule has 2 aromatic rings. The molecule has 0 radical (unpaired) electrons. The Morgan fingerprint density at radius 3 is 2.94 bits per heavy atom. The Morgan fingerprint density at radius 2 is 2.31 bits per heavy atom. The van der Waals surface area contributed by atoms with Gasteiger partial charge < -0.3 is 9.88 Å². The Morgan fingerprint density at radius 1 is 1.50 bits per heavy atom. The summed E-state index contributed by atoms with van der Waals surface area (Å²) in [7, 11) is 0. The van der Waals surface area contributed by atoms with Crippen molar-refractivity contribution in [1.82, 2.24) is 14.5 Å². The van der Waals surface area contributed by atoms with Crippen LogP contribution in [0, 0.1) is 6.92 Å². The second-order valence-electron chi connectivity index (χ2n) is 3.67. The van der Waals surface area contributed by atoms with Crippen LogP contribution in [0.2, 0.25) is 0 Å². The molecule has 5 heteroatoms. The van der Waals surface area contributed by atoms with Gasteiger partial charge in [-0.05, 0) is 20.8 Å². The Bertz CT molecular complexity index is 460. The fourth-order valence-electron chi connectivity index (χ4n) is 1.60. The highest BCUT2D eigenvalue weighted by Gasteiger charge is 2.14. The molecule has 0 aliphatic carbocycles. The molecule has 2 rings (SSSR count). The number of aromatic nitrogens is 3. The van der Waals surface area contributed by atoms with Crippen LogP contribution < -0.4 is 5.32 Å². The normalized spacial score (nSPS) is 12.7. The molecule has 0 fully saturated rings. The van der Waals surface area contributed by atoms with E-state index in [4.69, 9.17) is 0 Å². The van der Waals surface area contributed by atoms with Gasteiger partial charge in [0, 0.05) is 30.0 Å². The third kappa shape index (κ3) is 2.09. The lowest BCUT2D eigenvalue weighted by Crippen LogP contribution is -2.11. The van der Waals surface area contributed by atoms with Crippen LogP contribution in [0.4, 0.5) is 5.95 Å². The first-order valence-corrected chi connectivity index (χ1v) is 6.23. The number of imidazole rings is 1. The standard InChI is InChI=1S/C11H16N4S/c1-4-12-11-13-5-6-15(11)9(3)10-14-7-8(2)16-10/h5-7,9H,4H2,1-3H3,(H,12,13). The predicted molar refractivity (Wildman–Crippen MR) is 67.1 cm³/mol. The molecule has 0 amide bonds. The van der Waals surface area contributed by atoms with Crippen LogP contribution in [0.25, 0.3) is 0 Å². The highest BCUT2D eigenvalue weighted by Crippen LogP contribution is 2.25. The summed E-state index contributed by atoms with van der Waals surface area (Å²) in [5, 5.41) is 4.36. The van der Waals surface area contributed by atoms with E-state index >= 15 is 0 Å². The van der Waals surface area contributed by atoms with Crippen LogP contribution in [0.5, 0.6) is 0 Å². The fraction of sp³-hybridized carbons (Fsp3) is 0.455. The third-order valence-electron chi connectivity index (χ3n) is 2.42. The zero-order valence-electron chi connectivity index (χ0n) is 9.77. The summed E-state index contributed by atoms with van der Waals surface area (Å²) in [6, 6.07) is 0.232. The van der Waals surface area contributed by atoms with Crippen LogP contribution in [0.15, 0.2) is 18.6 Å². The smallest absolute Gasteiger partial charge is 0.203 e. The first-order valence-electron chi connectivity index (χ1n) is 5.41. The van der Waals surface area contributed by atoms with Gasteiger partial charge in [0.2, 0.25) is 5.95 Å². The van der Waals surface area contributed by atoms with Crippen molar-refractivity contribution in [2.24, 2.45) is 0 Å². The molecule has 2 aromatic heterocycles. The minimum atomic E-state index is 0.232. The molecule has 0 aliphatic rings. The zero-order valence-corrected chi connectivity index (χ0v) is 10.6. The van der Waals surface area contributed by atoms with Crippen molar-refractivity contribution in [3.63, 3.8) is 0 Å². The average molecular weight is 236 g/mol. The average Bonchev–Trinajstić information content (AvgIpc) is 2.87. The summed E-state index contributed by atoms with van der Waals surface area (Å²) in [5.74, 6) is 0.905. The monoisotopic (exact) mass is 236 g/mol. The number of aryl methyl sites for hydroxylation is 1. The van der Waals surface area contributed by atoms with E-state index in [9.17, 15) is 0 Å². The molecule has 1 N–H and O–H groups in total. The van der Waals surface area contributed by atoms with E-state index in [1.54, 1.807) is 11.3 Å². The van der Waals surface area contributed by atoms with E-state index in [0.717, 1.165) is 17.5 Å². The van der Waals surface area contributed by atoms with Crippen LogP contribution >= 0.6 is 11.3 Å². The first kappa shape index (κ1) is 11.1. The number of thiazole rings is 1. The molecule has 4 nitrogen and oxygen atoms in total. The van der Waals surface area contributed by atoms with E-state index in [1.807, 2.05) is 18.6 Å². The molecular weight excluding hydrogens is 220 g/mol. The van der Waals surface area contributed by atoms with Crippen molar-refractivity contribution in [2.45, 2.75) is 26.8 Å². The third-order valence-corrected chi connectivity index (χ3v) is 3.50. The summed E-state index contributed by atoms with van der Waals surface area (Å²) in [6.07, 6.45) is 5.72. The first-order chi connectivity index (χ1) is 7.72. The number of nitrogens with zero attached hydrogens (tertiary/aromatic N) is 3. The Balaban J connectivity index is 2.26. The molecule has 86 valence electrons. The summed E-state index contributed by atoms with van der Waals surface area (Å²) in [6.45, 7) is 7.16. The zero-order chi connectivity index (χ0) is 11.5. The number of nitrogens with one attached hydrogen (secondary N) is 1. The highest BCUT2D eigenvalue weighted by molar-refractivity contribution is 7.11. The van der Waals surface area contributed by atoms with E-state index < -0.39 is 0 Å². The maximum absolute atomic E-state index is 4.42. The lowest BCUT2D eigenvalue weighted by Gasteiger charge is -2.14. The number of hydrogen-bond donors (Lipinski definition) is 1. The van der Waals surface area contributed by atoms with Crippen molar-refractivity contribution >= 4 is 17.3 Å². The number of rotatable bonds is 4. The number of hydrogen-bond acceptors (Lipinski definition) is 4. The van der Waals surface area contributed by atoms with Crippen LogP contribution in [0.3, 0.4) is 0 Å². The summed E-state index contributed by atoms with van der Waals surface area (Å²) >= 11 is 1.73. The lowest BCUT2D eigenvalue weighted by molar-refractivity contribution is 0.639. The number of anilines is 1. The molecule has 0 saturated carbocycles. The van der Waals surface area contributed by atoms with Gasteiger partial charge in [0.1, 0.15) is 5.01 Å². The molecule has 0 saturated heterocycles. The predicted octanol–water partition coefficient (Wildman–Crippen LogP) is 2.69. The van der Waals surface area contributed by atoms with Crippen LogP contribution in [0.1, 0.15) is 29.8 Å². The van der Waals surface area contributed by atoms with Crippen molar-refractivity contribution in [2.75, 3.05) is 11.9 Å². The quantitative estimate of drug-likeness (QED) is 0.887. The Labute approximate surface area is 99.4 Å². The SMILES string of the molecule is CCNc1nccn1C(C)c1ncc(C)s1. The molecular formula is C11H16N4S. The van der Waals surface area contributed by atoms with Crippen molar-refractivity contribution < 1.29 is 0 Å².